The van der Waals surface area contributed by atoms with Crippen LogP contribution in [0.25, 0.3) is 0 Å². The molecule has 1 N–H and O–H groups in total. The topological polar surface area (TPSA) is 24.5 Å². The van der Waals surface area contributed by atoms with Gasteiger partial charge in [0.1, 0.15) is 5.75 Å². The maximum absolute atomic E-state index is 12.0. The minimum atomic E-state index is -2.77. The molecular weight excluding hydrogens is 250 g/mol. The van der Waals surface area contributed by atoms with Gasteiger partial charge in [-0.05, 0) is 56.6 Å². The van der Waals surface area contributed by atoms with Crippen LogP contribution in [0.3, 0.4) is 0 Å². The van der Waals surface area contributed by atoms with Gasteiger partial charge in [0.2, 0.25) is 0 Å². The molecule has 1 atom stereocenters. The van der Waals surface area contributed by atoms with Crippen LogP contribution in [0.1, 0.15) is 12.8 Å². The summed E-state index contributed by atoms with van der Waals surface area (Å²) in [7, 11) is 2.14. The van der Waals surface area contributed by atoms with Gasteiger partial charge in [0.05, 0.1) is 0 Å². The molecule has 0 spiro atoms. The number of halogens is 2. The van der Waals surface area contributed by atoms with Crippen molar-refractivity contribution < 1.29 is 13.5 Å². The van der Waals surface area contributed by atoms with E-state index in [1.165, 1.54) is 19.4 Å². The van der Waals surface area contributed by atoms with Crippen LogP contribution in [0.15, 0.2) is 24.3 Å². The standard InChI is InChI=1S/C14H20F2N2O/c1-18-8-2-3-11(10-18)9-17-12-4-6-13(7-5-12)19-14(15)16/h4-7,11,14,17H,2-3,8-10H2,1H3. The van der Waals surface area contributed by atoms with Gasteiger partial charge in [-0.1, -0.05) is 0 Å². The van der Waals surface area contributed by atoms with Crippen LogP contribution in [-0.2, 0) is 0 Å². The summed E-state index contributed by atoms with van der Waals surface area (Å²) in [6.07, 6.45) is 2.48. The molecule has 0 aliphatic carbocycles. The van der Waals surface area contributed by atoms with Gasteiger partial charge in [0.25, 0.3) is 0 Å². The molecule has 106 valence electrons. The molecule has 1 aromatic rings. The summed E-state index contributed by atoms with van der Waals surface area (Å²) in [6, 6.07) is 6.65. The smallest absolute Gasteiger partial charge is 0.387 e. The minimum Gasteiger partial charge on any atom is -0.435 e. The molecule has 1 unspecified atom stereocenters. The lowest BCUT2D eigenvalue weighted by Gasteiger charge is -2.29. The van der Waals surface area contributed by atoms with Gasteiger partial charge in [-0.3, -0.25) is 0 Å². The van der Waals surface area contributed by atoms with Crippen LogP contribution in [0.4, 0.5) is 14.5 Å². The van der Waals surface area contributed by atoms with Crippen molar-refractivity contribution in [3.8, 4) is 5.75 Å². The summed E-state index contributed by atoms with van der Waals surface area (Å²) in [5.74, 6) is 0.841. The van der Waals surface area contributed by atoms with E-state index >= 15 is 0 Å². The first-order valence-electron chi connectivity index (χ1n) is 6.61. The average molecular weight is 270 g/mol. The van der Waals surface area contributed by atoms with Gasteiger partial charge in [0.15, 0.2) is 0 Å². The van der Waals surface area contributed by atoms with Crippen molar-refractivity contribution in [3.05, 3.63) is 24.3 Å². The Kier molecular flexibility index (Phi) is 4.96. The second-order valence-electron chi connectivity index (χ2n) is 5.05. The van der Waals surface area contributed by atoms with E-state index in [1.54, 1.807) is 24.3 Å². The van der Waals surface area contributed by atoms with Crippen molar-refractivity contribution in [1.82, 2.24) is 4.90 Å². The largest absolute Gasteiger partial charge is 0.435 e. The van der Waals surface area contributed by atoms with Crippen molar-refractivity contribution in [2.75, 3.05) is 32.0 Å². The Labute approximate surface area is 112 Å². The maximum atomic E-state index is 12.0. The first kappa shape index (κ1) is 14.1. The fourth-order valence-electron chi connectivity index (χ4n) is 2.46. The number of hydrogen-bond donors (Lipinski definition) is 1. The zero-order chi connectivity index (χ0) is 13.7. The van der Waals surface area contributed by atoms with Gasteiger partial charge >= 0.3 is 6.61 Å². The van der Waals surface area contributed by atoms with Crippen LogP contribution < -0.4 is 10.1 Å². The van der Waals surface area contributed by atoms with E-state index in [4.69, 9.17) is 0 Å². The second-order valence-corrected chi connectivity index (χ2v) is 5.05. The van der Waals surface area contributed by atoms with E-state index in [1.807, 2.05) is 0 Å². The van der Waals surface area contributed by atoms with E-state index in [0.717, 1.165) is 18.8 Å². The van der Waals surface area contributed by atoms with Crippen LogP contribution in [0.2, 0.25) is 0 Å². The predicted molar refractivity (Wildman–Crippen MR) is 71.8 cm³/mol. The zero-order valence-corrected chi connectivity index (χ0v) is 11.1. The van der Waals surface area contributed by atoms with Gasteiger partial charge < -0.3 is 15.0 Å². The summed E-state index contributed by atoms with van der Waals surface area (Å²) >= 11 is 0. The molecular formula is C14H20F2N2O. The Morgan fingerprint density at radius 3 is 2.74 bits per heavy atom. The molecule has 1 aromatic carbocycles. The fraction of sp³-hybridized carbons (Fsp3) is 0.571. The monoisotopic (exact) mass is 270 g/mol. The lowest BCUT2D eigenvalue weighted by molar-refractivity contribution is -0.0498. The third-order valence-electron chi connectivity index (χ3n) is 3.40. The number of alkyl halides is 2. The van der Waals surface area contributed by atoms with E-state index < -0.39 is 6.61 Å². The van der Waals surface area contributed by atoms with Crippen molar-refractivity contribution in [2.45, 2.75) is 19.5 Å². The third kappa shape index (κ3) is 4.67. The molecule has 19 heavy (non-hydrogen) atoms. The Bertz CT molecular complexity index is 384. The van der Waals surface area contributed by atoms with E-state index in [2.05, 4.69) is 22.0 Å². The molecule has 0 saturated carbocycles. The number of benzene rings is 1. The van der Waals surface area contributed by atoms with Crippen LogP contribution >= 0.6 is 0 Å². The van der Waals surface area contributed by atoms with E-state index in [9.17, 15) is 8.78 Å². The van der Waals surface area contributed by atoms with Gasteiger partial charge in [0, 0.05) is 18.8 Å². The number of anilines is 1. The molecule has 5 heteroatoms. The molecule has 1 heterocycles. The minimum absolute atomic E-state index is 0.193. The lowest BCUT2D eigenvalue weighted by atomic mass is 9.98. The lowest BCUT2D eigenvalue weighted by Crippen LogP contribution is -2.35. The first-order valence-corrected chi connectivity index (χ1v) is 6.61. The Morgan fingerprint density at radius 1 is 1.37 bits per heavy atom. The summed E-state index contributed by atoms with van der Waals surface area (Å²) in [4.78, 5) is 2.34. The summed E-state index contributed by atoms with van der Waals surface area (Å²) in [6.45, 7) is 0.436. The highest BCUT2D eigenvalue weighted by Gasteiger charge is 2.16. The van der Waals surface area contributed by atoms with Crippen molar-refractivity contribution in [3.63, 3.8) is 0 Å². The molecule has 3 nitrogen and oxygen atoms in total. The molecule has 1 fully saturated rings. The van der Waals surface area contributed by atoms with Crippen molar-refractivity contribution >= 4 is 5.69 Å². The van der Waals surface area contributed by atoms with Gasteiger partial charge in [-0.2, -0.15) is 8.78 Å². The molecule has 0 bridgehead atoms. The van der Waals surface area contributed by atoms with E-state index in [0.29, 0.717) is 5.92 Å². The maximum Gasteiger partial charge on any atom is 0.387 e. The third-order valence-corrected chi connectivity index (χ3v) is 3.40. The second kappa shape index (κ2) is 6.70. The highest BCUT2D eigenvalue weighted by atomic mass is 19.3. The molecule has 0 amide bonds. The van der Waals surface area contributed by atoms with Crippen LogP contribution in [0.5, 0.6) is 5.75 Å². The normalized spacial score (nSPS) is 20.5. The zero-order valence-electron chi connectivity index (χ0n) is 11.1. The first-order chi connectivity index (χ1) is 9.13. The number of ether oxygens (including phenoxy) is 1. The van der Waals surface area contributed by atoms with Crippen LogP contribution in [-0.4, -0.2) is 38.2 Å². The molecule has 0 aromatic heterocycles. The Morgan fingerprint density at radius 2 is 2.11 bits per heavy atom. The van der Waals surface area contributed by atoms with Crippen molar-refractivity contribution in [2.24, 2.45) is 5.92 Å². The fourth-order valence-corrected chi connectivity index (χ4v) is 2.46. The van der Waals surface area contributed by atoms with Gasteiger partial charge in [-0.15, -0.1) is 0 Å². The molecule has 0 radical (unpaired) electrons. The Hall–Kier alpha value is -1.36. The highest BCUT2D eigenvalue weighted by Crippen LogP contribution is 2.19. The number of piperidine rings is 1. The summed E-state index contributed by atoms with van der Waals surface area (Å²) in [5, 5.41) is 3.35. The van der Waals surface area contributed by atoms with E-state index in [-0.39, 0.29) is 5.75 Å². The molecule has 1 aliphatic rings. The molecule has 2 rings (SSSR count). The Balaban J connectivity index is 1.79. The molecule has 1 saturated heterocycles. The van der Waals surface area contributed by atoms with Crippen molar-refractivity contribution in [1.29, 1.82) is 0 Å². The summed E-state index contributed by atoms with van der Waals surface area (Å²) in [5.41, 5.74) is 0.940. The molecule has 1 aliphatic heterocycles. The number of likely N-dealkylation sites (tertiary alicyclic amines) is 1. The number of nitrogens with one attached hydrogen (secondary N) is 1. The average Bonchev–Trinajstić information content (AvgIpc) is 2.37. The van der Waals surface area contributed by atoms with Gasteiger partial charge in [-0.25, -0.2) is 0 Å². The van der Waals surface area contributed by atoms with Crippen LogP contribution in [0, 0.1) is 5.92 Å². The number of nitrogens with zero attached hydrogens (tertiary/aromatic N) is 1. The predicted octanol–water partition coefficient (Wildman–Crippen LogP) is 3.04. The SMILES string of the molecule is CN1CCCC(CNc2ccc(OC(F)F)cc2)C1. The number of hydrogen-bond acceptors (Lipinski definition) is 3. The highest BCUT2D eigenvalue weighted by molar-refractivity contribution is 5.46. The summed E-state index contributed by atoms with van der Waals surface area (Å²) < 4.78 is 28.3. The number of rotatable bonds is 5. The quantitative estimate of drug-likeness (QED) is 0.890.